The van der Waals surface area contributed by atoms with Gasteiger partial charge in [-0.15, -0.1) is 5.10 Å². The summed E-state index contributed by atoms with van der Waals surface area (Å²) in [5.41, 5.74) is 6.12. The molecule has 152 valence electrons. The Kier molecular flexibility index (Phi) is 4.60. The maximum Gasteiger partial charge on any atom is 0.358 e. The molecule has 2 aromatic heterocycles. The lowest BCUT2D eigenvalue weighted by Crippen LogP contribution is -2.10. The Morgan fingerprint density at radius 2 is 1.94 bits per heavy atom. The summed E-state index contributed by atoms with van der Waals surface area (Å²) in [5, 5.41) is 8.74. The van der Waals surface area contributed by atoms with Gasteiger partial charge >= 0.3 is 5.97 Å². The molecule has 0 atom stereocenters. The molecule has 0 fully saturated rings. The van der Waals surface area contributed by atoms with Crippen molar-refractivity contribution in [2.24, 2.45) is 0 Å². The second kappa shape index (κ2) is 7.58. The number of hydrogen-bond acceptors (Lipinski definition) is 5. The van der Waals surface area contributed by atoms with Crippen LogP contribution < -0.4 is 0 Å². The molecule has 1 aliphatic heterocycles. The van der Waals surface area contributed by atoms with E-state index in [-0.39, 0.29) is 6.61 Å². The topological polar surface area (TPSA) is 74.8 Å². The highest BCUT2D eigenvalue weighted by atomic mass is 16.5. The Hall–Kier alpha value is -4.18. The van der Waals surface area contributed by atoms with Gasteiger partial charge in [-0.25, -0.2) is 14.5 Å². The van der Waals surface area contributed by atoms with E-state index in [0.717, 1.165) is 33.9 Å². The van der Waals surface area contributed by atoms with Crippen molar-refractivity contribution in [3.63, 3.8) is 0 Å². The number of rotatable bonds is 2. The van der Waals surface area contributed by atoms with Gasteiger partial charge in [0.1, 0.15) is 6.33 Å². The van der Waals surface area contributed by atoms with E-state index in [4.69, 9.17) is 4.74 Å². The molecule has 0 radical (unpaired) electrons. The first-order valence-corrected chi connectivity index (χ1v) is 10.0. The molecule has 0 saturated heterocycles. The molecule has 7 nitrogen and oxygen atoms in total. The van der Waals surface area contributed by atoms with Gasteiger partial charge in [0.15, 0.2) is 11.4 Å². The van der Waals surface area contributed by atoms with Gasteiger partial charge in [-0.2, -0.15) is 0 Å². The van der Waals surface area contributed by atoms with Crippen molar-refractivity contribution in [1.82, 2.24) is 24.5 Å². The number of aryl methyl sites for hydroxylation is 1. The van der Waals surface area contributed by atoms with Crippen LogP contribution >= 0.6 is 0 Å². The van der Waals surface area contributed by atoms with Crippen LogP contribution in [0.25, 0.3) is 11.4 Å². The minimum absolute atomic E-state index is 0.286. The second-order valence-corrected chi connectivity index (χ2v) is 7.21. The monoisotopic (exact) mass is 409 g/mol. The number of hydrogen-bond donors (Lipinski definition) is 0. The summed E-state index contributed by atoms with van der Waals surface area (Å²) in [6, 6.07) is 15.8. The van der Waals surface area contributed by atoms with E-state index in [9.17, 15) is 4.79 Å². The van der Waals surface area contributed by atoms with Crippen molar-refractivity contribution >= 4 is 5.97 Å². The van der Waals surface area contributed by atoms with Crippen molar-refractivity contribution < 1.29 is 9.53 Å². The van der Waals surface area contributed by atoms with Gasteiger partial charge in [0.05, 0.1) is 29.4 Å². The third-order valence-electron chi connectivity index (χ3n) is 5.15. The van der Waals surface area contributed by atoms with Gasteiger partial charge in [0.25, 0.3) is 0 Å². The third kappa shape index (κ3) is 3.28. The molecule has 0 N–H and O–H groups in total. The van der Waals surface area contributed by atoms with Gasteiger partial charge in [0.2, 0.25) is 0 Å². The Balaban J connectivity index is 1.70. The first-order chi connectivity index (χ1) is 15.2. The number of imidazole rings is 1. The maximum absolute atomic E-state index is 12.5. The molecule has 0 amide bonds. The molecular formula is C24H19N5O2. The van der Waals surface area contributed by atoms with E-state index >= 15 is 0 Å². The van der Waals surface area contributed by atoms with Gasteiger partial charge in [-0.3, -0.25) is 4.57 Å². The fraction of sp³-hybridized carbons (Fsp3) is 0.167. The van der Waals surface area contributed by atoms with Gasteiger partial charge < -0.3 is 4.74 Å². The van der Waals surface area contributed by atoms with E-state index < -0.39 is 5.97 Å². The highest BCUT2D eigenvalue weighted by Gasteiger charge is 2.28. The van der Waals surface area contributed by atoms with Crippen LogP contribution in [0.5, 0.6) is 0 Å². The lowest BCUT2D eigenvalue weighted by molar-refractivity contribution is 0.0519. The summed E-state index contributed by atoms with van der Waals surface area (Å²) >= 11 is 0. The predicted octanol–water partition coefficient (Wildman–Crippen LogP) is 3.24. The van der Waals surface area contributed by atoms with Gasteiger partial charge in [-0.05, 0) is 49.6 Å². The maximum atomic E-state index is 12.5. The SMILES string of the molecule is CCOC(=O)c1ncn2c1Cc1c(C#Cc3ccccc3)nnn1-c1cc(C)ccc1-2. The minimum Gasteiger partial charge on any atom is -0.461 e. The largest absolute Gasteiger partial charge is 0.461 e. The summed E-state index contributed by atoms with van der Waals surface area (Å²) in [7, 11) is 0. The van der Waals surface area contributed by atoms with E-state index in [1.54, 1.807) is 17.9 Å². The van der Waals surface area contributed by atoms with E-state index in [1.807, 2.05) is 60.0 Å². The van der Waals surface area contributed by atoms with Crippen LogP contribution in [0, 0.1) is 18.8 Å². The molecule has 4 aromatic rings. The number of aromatic nitrogens is 5. The quantitative estimate of drug-likeness (QED) is 0.331. The normalized spacial score (nSPS) is 11.4. The predicted molar refractivity (Wildman–Crippen MR) is 114 cm³/mol. The first-order valence-electron chi connectivity index (χ1n) is 10.0. The lowest BCUT2D eigenvalue weighted by atomic mass is 10.1. The van der Waals surface area contributed by atoms with Crippen LogP contribution in [0.4, 0.5) is 0 Å². The summed E-state index contributed by atoms with van der Waals surface area (Å²) < 4.78 is 8.95. The molecule has 31 heavy (non-hydrogen) atoms. The molecule has 3 heterocycles. The van der Waals surface area contributed by atoms with Crippen molar-refractivity contribution in [1.29, 1.82) is 0 Å². The van der Waals surface area contributed by atoms with Gasteiger partial charge in [-0.1, -0.05) is 35.4 Å². The fourth-order valence-corrected chi connectivity index (χ4v) is 3.69. The number of esters is 1. The smallest absolute Gasteiger partial charge is 0.358 e. The van der Waals surface area contributed by atoms with Crippen LogP contribution in [-0.2, 0) is 11.2 Å². The average Bonchev–Trinajstić information content (AvgIpc) is 3.35. The highest BCUT2D eigenvalue weighted by Crippen LogP contribution is 2.30. The Bertz CT molecular complexity index is 1360. The molecule has 7 heteroatoms. The molecule has 2 aromatic carbocycles. The van der Waals surface area contributed by atoms with Crippen molar-refractivity contribution in [2.45, 2.75) is 20.3 Å². The van der Waals surface area contributed by atoms with Crippen LogP contribution in [-0.4, -0.2) is 37.1 Å². The van der Waals surface area contributed by atoms with E-state index in [0.29, 0.717) is 17.8 Å². The van der Waals surface area contributed by atoms with Crippen molar-refractivity contribution in [3.05, 3.63) is 88.8 Å². The Morgan fingerprint density at radius 1 is 1.10 bits per heavy atom. The molecule has 0 spiro atoms. The molecular weight excluding hydrogens is 390 g/mol. The van der Waals surface area contributed by atoms with Crippen LogP contribution in [0.1, 0.15) is 45.6 Å². The van der Waals surface area contributed by atoms with Crippen LogP contribution in [0.2, 0.25) is 0 Å². The molecule has 1 aliphatic rings. The summed E-state index contributed by atoms with van der Waals surface area (Å²) in [4.78, 5) is 16.9. The molecule has 0 aliphatic carbocycles. The standard InChI is InChI=1S/C24H19N5O2/c1-3-31-24(30)23-22-14-20-18(11-10-17-7-5-4-6-8-17)26-27-29(20)21-13-16(2)9-12-19(21)28(22)15-25-23/h4-9,12-13,15H,3,14H2,1-2H3. The number of ether oxygens (including phenoxy) is 1. The summed E-state index contributed by atoms with van der Waals surface area (Å²) in [6.45, 7) is 4.09. The number of nitrogens with zero attached hydrogens (tertiary/aromatic N) is 5. The lowest BCUT2D eigenvalue weighted by Gasteiger charge is -2.10. The Morgan fingerprint density at radius 3 is 2.74 bits per heavy atom. The second-order valence-electron chi connectivity index (χ2n) is 7.21. The zero-order valence-corrected chi connectivity index (χ0v) is 17.2. The molecule has 0 unspecified atom stereocenters. The number of fused-ring (bicyclic) bond motifs is 5. The van der Waals surface area contributed by atoms with Crippen molar-refractivity contribution in [3.8, 4) is 23.2 Å². The molecule has 0 bridgehead atoms. The first kappa shape index (κ1) is 18.8. The molecule has 0 saturated carbocycles. The number of carbonyl (C=O) groups excluding carboxylic acids is 1. The fourth-order valence-electron chi connectivity index (χ4n) is 3.69. The summed E-state index contributed by atoms with van der Waals surface area (Å²) in [6.07, 6.45) is 2.05. The highest BCUT2D eigenvalue weighted by molar-refractivity contribution is 5.89. The van der Waals surface area contributed by atoms with E-state index in [2.05, 4.69) is 27.1 Å². The van der Waals surface area contributed by atoms with Crippen molar-refractivity contribution in [2.75, 3.05) is 6.61 Å². The minimum atomic E-state index is -0.442. The third-order valence-corrected chi connectivity index (χ3v) is 5.15. The van der Waals surface area contributed by atoms with E-state index in [1.165, 1.54) is 0 Å². The Labute approximate surface area is 179 Å². The average molecular weight is 409 g/mol. The number of benzene rings is 2. The number of carbonyl (C=O) groups is 1. The van der Waals surface area contributed by atoms with Gasteiger partial charge in [0, 0.05) is 12.0 Å². The zero-order chi connectivity index (χ0) is 21.4. The van der Waals surface area contributed by atoms with Crippen LogP contribution in [0.15, 0.2) is 54.9 Å². The zero-order valence-electron chi connectivity index (χ0n) is 17.2. The summed E-state index contributed by atoms with van der Waals surface area (Å²) in [5.74, 6) is 5.86. The van der Waals surface area contributed by atoms with Crippen LogP contribution in [0.3, 0.4) is 0 Å². The molecule has 5 rings (SSSR count).